The molecule has 0 saturated carbocycles. The molecule has 4 nitrogen and oxygen atoms in total. The number of hydrogen-bond donors (Lipinski definition) is 0. The van der Waals surface area contributed by atoms with Crippen molar-refractivity contribution in [2.75, 3.05) is 6.61 Å². The summed E-state index contributed by atoms with van der Waals surface area (Å²) in [6, 6.07) is 7.94. The molecule has 0 fully saturated rings. The van der Waals surface area contributed by atoms with Crippen molar-refractivity contribution < 1.29 is 48.4 Å². The minimum absolute atomic E-state index is 0. The van der Waals surface area contributed by atoms with Gasteiger partial charge in [0.1, 0.15) is 0 Å². The van der Waals surface area contributed by atoms with Gasteiger partial charge in [-0.15, -0.1) is 0 Å². The van der Waals surface area contributed by atoms with Crippen LogP contribution in [0.2, 0.25) is 0 Å². The molecule has 0 aliphatic heterocycles. The SMILES string of the molecule is CCCCCCCCCCCCOS(=O)(=O)C(=O)c1ccccc1.[H-].[Na+]. The average Bonchev–Trinajstić information content (AvgIpc) is 2.59. The molecule has 0 radical (unpaired) electrons. The van der Waals surface area contributed by atoms with E-state index in [1.807, 2.05) is 0 Å². The van der Waals surface area contributed by atoms with Gasteiger partial charge in [0, 0.05) is 5.56 Å². The first-order valence-electron chi connectivity index (χ1n) is 9.06. The molecule has 0 unspecified atom stereocenters. The molecule has 0 aromatic heterocycles. The minimum atomic E-state index is -4.16. The van der Waals surface area contributed by atoms with Gasteiger partial charge < -0.3 is 1.43 Å². The summed E-state index contributed by atoms with van der Waals surface area (Å²) < 4.78 is 28.5. The summed E-state index contributed by atoms with van der Waals surface area (Å²) in [5, 5.41) is -0.963. The van der Waals surface area contributed by atoms with E-state index in [0.29, 0.717) is 6.42 Å². The van der Waals surface area contributed by atoms with E-state index in [9.17, 15) is 13.2 Å². The fraction of sp³-hybridized carbons (Fsp3) is 0.632. The van der Waals surface area contributed by atoms with Gasteiger partial charge in [-0.1, -0.05) is 95.0 Å². The second kappa shape index (κ2) is 14.9. The van der Waals surface area contributed by atoms with Crippen molar-refractivity contribution in [1.29, 1.82) is 0 Å². The topological polar surface area (TPSA) is 60.4 Å². The third-order valence-corrected chi connectivity index (χ3v) is 5.14. The first kappa shape index (κ1) is 24.8. The van der Waals surface area contributed by atoms with Crippen LogP contribution < -0.4 is 29.6 Å². The Bertz CT molecular complexity index is 564. The van der Waals surface area contributed by atoms with E-state index in [-0.39, 0.29) is 43.2 Å². The molecule has 25 heavy (non-hydrogen) atoms. The van der Waals surface area contributed by atoms with E-state index in [0.717, 1.165) is 12.8 Å². The second-order valence-corrected chi connectivity index (χ2v) is 7.63. The zero-order valence-corrected chi connectivity index (χ0v) is 18.5. The summed E-state index contributed by atoms with van der Waals surface area (Å²) >= 11 is 0. The third kappa shape index (κ3) is 11.2. The summed E-state index contributed by atoms with van der Waals surface area (Å²) in [6.07, 6.45) is 11.6. The zero-order chi connectivity index (χ0) is 17.7. The van der Waals surface area contributed by atoms with Gasteiger partial charge >= 0.3 is 44.8 Å². The molecule has 0 spiro atoms. The summed E-state index contributed by atoms with van der Waals surface area (Å²) in [5.41, 5.74) is 0.139. The Morgan fingerprint density at radius 2 is 1.36 bits per heavy atom. The van der Waals surface area contributed by atoms with E-state index in [4.69, 9.17) is 4.18 Å². The van der Waals surface area contributed by atoms with Crippen molar-refractivity contribution in [2.24, 2.45) is 0 Å². The summed E-state index contributed by atoms with van der Waals surface area (Å²) in [4.78, 5) is 11.9. The molecule has 0 bridgehead atoms. The molecule has 0 N–H and O–H groups in total. The molecule has 0 atom stereocenters. The molecular weight excluding hydrogens is 347 g/mol. The standard InChI is InChI=1S/C19H30O4S.Na.H/c1-2-3-4-5-6-7-8-9-10-14-17-23-24(21,22)19(20)18-15-12-11-13-16-18;;/h11-13,15-16H,2-10,14,17H2,1H3;;/q;+1;-1. The Morgan fingerprint density at radius 3 is 1.88 bits per heavy atom. The molecule has 0 aliphatic carbocycles. The maximum atomic E-state index is 11.9. The van der Waals surface area contributed by atoms with Crippen LogP contribution in [0.3, 0.4) is 0 Å². The molecule has 0 saturated heterocycles. The van der Waals surface area contributed by atoms with E-state index < -0.39 is 15.2 Å². The fourth-order valence-corrected chi connectivity index (χ4v) is 3.40. The Morgan fingerprint density at radius 1 is 0.880 bits per heavy atom. The maximum Gasteiger partial charge on any atom is 1.00 e. The van der Waals surface area contributed by atoms with Gasteiger partial charge in [-0.25, -0.2) is 0 Å². The van der Waals surface area contributed by atoms with Gasteiger partial charge in [0.15, 0.2) is 0 Å². The Balaban J connectivity index is 0. The predicted octanol–water partition coefficient (Wildman–Crippen LogP) is 2.21. The minimum Gasteiger partial charge on any atom is -1.00 e. The van der Waals surface area contributed by atoms with Crippen LogP contribution in [0.15, 0.2) is 30.3 Å². The van der Waals surface area contributed by atoms with Crippen molar-refractivity contribution in [3.05, 3.63) is 35.9 Å². The Kier molecular flexibility index (Phi) is 14.8. The van der Waals surface area contributed by atoms with Gasteiger partial charge in [0.25, 0.3) is 0 Å². The van der Waals surface area contributed by atoms with Crippen LogP contribution in [-0.4, -0.2) is 20.1 Å². The molecule has 6 heteroatoms. The zero-order valence-electron chi connectivity index (χ0n) is 16.7. The molecule has 0 heterocycles. The molecule has 1 aromatic rings. The second-order valence-electron chi connectivity index (χ2n) is 6.11. The van der Waals surface area contributed by atoms with Gasteiger partial charge in [-0.05, 0) is 6.42 Å². The summed E-state index contributed by atoms with van der Waals surface area (Å²) in [6.45, 7) is 2.30. The van der Waals surface area contributed by atoms with Crippen LogP contribution in [0.25, 0.3) is 0 Å². The fourth-order valence-electron chi connectivity index (χ4n) is 2.53. The molecule has 0 aliphatic rings. The van der Waals surface area contributed by atoms with Crippen molar-refractivity contribution in [3.8, 4) is 0 Å². The van der Waals surface area contributed by atoms with Crippen LogP contribution >= 0.6 is 0 Å². The van der Waals surface area contributed by atoms with Crippen molar-refractivity contribution in [2.45, 2.75) is 71.1 Å². The molecule has 1 aromatic carbocycles. The Hall–Kier alpha value is -0.200. The summed E-state index contributed by atoms with van der Waals surface area (Å²) in [7, 11) is -4.16. The number of carbonyl (C=O) groups is 1. The van der Waals surface area contributed by atoms with Gasteiger partial charge in [0.2, 0.25) is 0 Å². The number of hydrogen-bond acceptors (Lipinski definition) is 4. The largest absolute Gasteiger partial charge is 1.00 e. The quantitative estimate of drug-likeness (QED) is 0.300. The van der Waals surface area contributed by atoms with E-state index in [1.165, 1.54) is 57.1 Å². The van der Waals surface area contributed by atoms with Crippen LogP contribution in [0, 0.1) is 0 Å². The first-order chi connectivity index (χ1) is 11.6. The number of rotatable bonds is 13. The van der Waals surface area contributed by atoms with Crippen LogP contribution in [0.1, 0.15) is 82.9 Å². The van der Waals surface area contributed by atoms with Crippen molar-refractivity contribution in [3.63, 3.8) is 0 Å². The molecule has 0 amide bonds. The van der Waals surface area contributed by atoms with Crippen molar-refractivity contribution in [1.82, 2.24) is 0 Å². The van der Waals surface area contributed by atoms with Gasteiger partial charge in [-0.3, -0.25) is 8.98 Å². The van der Waals surface area contributed by atoms with Gasteiger partial charge in [0.05, 0.1) is 6.61 Å². The van der Waals surface area contributed by atoms with Crippen LogP contribution in [-0.2, 0) is 14.3 Å². The third-order valence-electron chi connectivity index (χ3n) is 3.97. The Labute approximate surface area is 176 Å². The van der Waals surface area contributed by atoms with Crippen LogP contribution in [0.5, 0.6) is 0 Å². The summed E-state index contributed by atoms with van der Waals surface area (Å²) in [5.74, 6) is 0. The monoisotopic (exact) mass is 378 g/mol. The van der Waals surface area contributed by atoms with E-state index in [2.05, 4.69) is 6.92 Å². The molecular formula is C19H31NaO4S. The first-order valence-corrected chi connectivity index (χ1v) is 10.5. The molecule has 1 rings (SSSR count). The number of unbranched alkanes of at least 4 members (excludes halogenated alkanes) is 9. The van der Waals surface area contributed by atoms with Crippen LogP contribution in [0.4, 0.5) is 0 Å². The normalized spacial score (nSPS) is 11.1. The number of benzene rings is 1. The van der Waals surface area contributed by atoms with E-state index >= 15 is 0 Å². The number of carbonyl (C=O) groups excluding carboxylic acids is 1. The van der Waals surface area contributed by atoms with Crippen molar-refractivity contribution >= 4 is 15.2 Å². The average molecular weight is 379 g/mol. The molecule has 138 valence electrons. The predicted molar refractivity (Wildman–Crippen MR) is 98.6 cm³/mol. The smallest absolute Gasteiger partial charge is 1.00 e. The van der Waals surface area contributed by atoms with Gasteiger partial charge in [-0.2, -0.15) is 8.42 Å². The van der Waals surface area contributed by atoms with E-state index in [1.54, 1.807) is 18.2 Å². The maximum absolute atomic E-state index is 11.9.